The SMILES string of the molecule is CCC(Nc1nc(C)nc2c1CCCC2)c1c(C)nn(C)c1C. The van der Waals surface area contributed by atoms with E-state index in [1.54, 1.807) is 0 Å². The van der Waals surface area contributed by atoms with E-state index < -0.39 is 0 Å². The number of nitrogens with zero attached hydrogens (tertiary/aromatic N) is 4. The minimum atomic E-state index is 0.240. The van der Waals surface area contributed by atoms with Gasteiger partial charge in [-0.2, -0.15) is 5.10 Å². The Labute approximate surface area is 138 Å². The van der Waals surface area contributed by atoms with Gasteiger partial charge in [0.15, 0.2) is 0 Å². The first-order chi connectivity index (χ1) is 11.0. The molecular weight excluding hydrogens is 286 g/mol. The molecule has 0 spiro atoms. The lowest BCUT2D eigenvalue weighted by molar-refractivity contribution is 0.652. The summed E-state index contributed by atoms with van der Waals surface area (Å²) in [7, 11) is 2.01. The van der Waals surface area contributed by atoms with E-state index >= 15 is 0 Å². The molecule has 3 rings (SSSR count). The van der Waals surface area contributed by atoms with Crippen LogP contribution in [0, 0.1) is 20.8 Å². The third-order valence-corrected chi connectivity index (χ3v) is 4.93. The van der Waals surface area contributed by atoms with Gasteiger partial charge in [0.05, 0.1) is 11.7 Å². The largest absolute Gasteiger partial charge is 0.363 e. The van der Waals surface area contributed by atoms with Crippen LogP contribution in [0.15, 0.2) is 0 Å². The predicted octanol–water partition coefficient (Wildman–Crippen LogP) is 3.58. The van der Waals surface area contributed by atoms with Crippen molar-refractivity contribution in [3.05, 3.63) is 34.0 Å². The highest BCUT2D eigenvalue weighted by Gasteiger charge is 2.22. The molecule has 5 nitrogen and oxygen atoms in total. The number of aryl methyl sites for hydroxylation is 4. The van der Waals surface area contributed by atoms with Gasteiger partial charge in [0.25, 0.3) is 0 Å². The number of fused-ring (bicyclic) bond motifs is 1. The number of hydrogen-bond donors (Lipinski definition) is 1. The average molecular weight is 313 g/mol. The first-order valence-corrected chi connectivity index (χ1v) is 8.64. The van der Waals surface area contributed by atoms with Crippen molar-refractivity contribution in [3.8, 4) is 0 Å². The van der Waals surface area contributed by atoms with Gasteiger partial charge >= 0.3 is 0 Å². The quantitative estimate of drug-likeness (QED) is 0.937. The van der Waals surface area contributed by atoms with E-state index in [9.17, 15) is 0 Å². The molecular formula is C18H27N5. The molecule has 2 aromatic rings. The molecule has 0 saturated heterocycles. The summed E-state index contributed by atoms with van der Waals surface area (Å²) in [6, 6.07) is 0.240. The maximum absolute atomic E-state index is 4.72. The van der Waals surface area contributed by atoms with Crippen LogP contribution >= 0.6 is 0 Å². The fourth-order valence-corrected chi connectivity index (χ4v) is 3.67. The van der Waals surface area contributed by atoms with Crippen molar-refractivity contribution in [1.82, 2.24) is 19.7 Å². The predicted molar refractivity (Wildman–Crippen MR) is 92.7 cm³/mol. The molecule has 2 aromatic heterocycles. The smallest absolute Gasteiger partial charge is 0.133 e. The summed E-state index contributed by atoms with van der Waals surface area (Å²) >= 11 is 0. The molecule has 0 amide bonds. The normalized spacial score (nSPS) is 15.3. The lowest BCUT2D eigenvalue weighted by Crippen LogP contribution is -2.18. The Morgan fingerprint density at radius 3 is 2.52 bits per heavy atom. The molecule has 1 N–H and O–H groups in total. The zero-order valence-corrected chi connectivity index (χ0v) is 14.9. The van der Waals surface area contributed by atoms with Crippen molar-refractivity contribution in [3.63, 3.8) is 0 Å². The molecule has 1 atom stereocenters. The Balaban J connectivity index is 1.98. The highest BCUT2D eigenvalue weighted by Crippen LogP contribution is 2.31. The second-order valence-electron chi connectivity index (χ2n) is 6.57. The molecule has 1 aliphatic carbocycles. The molecule has 23 heavy (non-hydrogen) atoms. The summed E-state index contributed by atoms with van der Waals surface area (Å²) in [4.78, 5) is 9.37. The topological polar surface area (TPSA) is 55.6 Å². The van der Waals surface area contributed by atoms with Crippen LogP contribution in [0.5, 0.6) is 0 Å². The molecule has 124 valence electrons. The van der Waals surface area contributed by atoms with Crippen LogP contribution in [0.25, 0.3) is 0 Å². The lowest BCUT2D eigenvalue weighted by Gasteiger charge is -2.24. The Morgan fingerprint density at radius 1 is 1.13 bits per heavy atom. The molecule has 1 aliphatic rings. The van der Waals surface area contributed by atoms with Crippen molar-refractivity contribution >= 4 is 5.82 Å². The summed E-state index contributed by atoms with van der Waals surface area (Å²) in [6.07, 6.45) is 5.64. The van der Waals surface area contributed by atoms with Crippen LogP contribution in [0.3, 0.4) is 0 Å². The van der Waals surface area contributed by atoms with Gasteiger partial charge in [-0.05, 0) is 52.9 Å². The number of rotatable bonds is 4. The van der Waals surface area contributed by atoms with E-state index in [-0.39, 0.29) is 6.04 Å². The van der Waals surface area contributed by atoms with Gasteiger partial charge in [0, 0.05) is 29.6 Å². The fourth-order valence-electron chi connectivity index (χ4n) is 3.67. The molecule has 2 heterocycles. The number of anilines is 1. The van der Waals surface area contributed by atoms with Crippen molar-refractivity contribution in [2.24, 2.45) is 7.05 Å². The molecule has 0 fully saturated rings. The van der Waals surface area contributed by atoms with Crippen LogP contribution in [0.2, 0.25) is 0 Å². The van der Waals surface area contributed by atoms with Gasteiger partial charge in [0.2, 0.25) is 0 Å². The second kappa shape index (κ2) is 6.30. The fraction of sp³-hybridized carbons (Fsp3) is 0.611. The zero-order valence-electron chi connectivity index (χ0n) is 14.9. The first kappa shape index (κ1) is 16.0. The zero-order chi connectivity index (χ0) is 16.6. The Hall–Kier alpha value is -1.91. The van der Waals surface area contributed by atoms with E-state index in [1.165, 1.54) is 35.4 Å². The summed E-state index contributed by atoms with van der Waals surface area (Å²) in [5, 5.41) is 8.27. The van der Waals surface area contributed by atoms with E-state index in [0.717, 1.165) is 36.6 Å². The van der Waals surface area contributed by atoms with Crippen LogP contribution in [-0.2, 0) is 19.9 Å². The van der Waals surface area contributed by atoms with Crippen molar-refractivity contribution in [2.45, 2.75) is 65.8 Å². The number of nitrogens with one attached hydrogen (secondary N) is 1. The Bertz CT molecular complexity index is 717. The summed E-state index contributed by atoms with van der Waals surface area (Å²) in [5.41, 5.74) is 6.18. The third kappa shape index (κ3) is 2.96. The second-order valence-corrected chi connectivity index (χ2v) is 6.57. The van der Waals surface area contributed by atoms with Gasteiger partial charge in [0.1, 0.15) is 11.6 Å². The van der Waals surface area contributed by atoms with Gasteiger partial charge in [-0.25, -0.2) is 9.97 Å². The monoisotopic (exact) mass is 313 g/mol. The van der Waals surface area contributed by atoms with Crippen LogP contribution in [0.4, 0.5) is 5.82 Å². The average Bonchev–Trinajstić information content (AvgIpc) is 2.77. The number of aromatic nitrogens is 4. The molecule has 1 unspecified atom stereocenters. The Morgan fingerprint density at radius 2 is 1.87 bits per heavy atom. The molecule has 5 heteroatoms. The Kier molecular flexibility index (Phi) is 4.37. The van der Waals surface area contributed by atoms with Crippen molar-refractivity contribution < 1.29 is 0 Å². The van der Waals surface area contributed by atoms with Crippen LogP contribution in [0.1, 0.15) is 66.3 Å². The van der Waals surface area contributed by atoms with Crippen molar-refractivity contribution in [1.29, 1.82) is 0 Å². The lowest BCUT2D eigenvalue weighted by atomic mass is 9.95. The maximum Gasteiger partial charge on any atom is 0.133 e. The third-order valence-electron chi connectivity index (χ3n) is 4.93. The summed E-state index contributed by atoms with van der Waals surface area (Å²) in [6.45, 7) is 8.43. The van der Waals surface area contributed by atoms with E-state index in [1.807, 2.05) is 18.7 Å². The molecule has 0 aromatic carbocycles. The molecule has 0 saturated carbocycles. The highest BCUT2D eigenvalue weighted by molar-refractivity contribution is 5.50. The van der Waals surface area contributed by atoms with E-state index in [2.05, 4.69) is 36.2 Å². The van der Waals surface area contributed by atoms with Gasteiger partial charge in [-0.3, -0.25) is 4.68 Å². The van der Waals surface area contributed by atoms with Gasteiger partial charge < -0.3 is 5.32 Å². The molecule has 0 bridgehead atoms. The standard InChI is InChI=1S/C18H27N5/c1-6-15(17-11(2)22-23(5)12(17)3)21-18-14-9-7-8-10-16(14)19-13(4)20-18/h15H,6-10H2,1-5H3,(H,19,20,21). The van der Waals surface area contributed by atoms with Crippen LogP contribution < -0.4 is 5.32 Å². The molecule has 0 aliphatic heterocycles. The van der Waals surface area contributed by atoms with Gasteiger partial charge in [-0.15, -0.1) is 0 Å². The minimum absolute atomic E-state index is 0.240. The maximum atomic E-state index is 4.72. The molecule has 0 radical (unpaired) electrons. The minimum Gasteiger partial charge on any atom is -0.363 e. The summed E-state index contributed by atoms with van der Waals surface area (Å²) < 4.78 is 1.97. The van der Waals surface area contributed by atoms with E-state index in [0.29, 0.717) is 0 Å². The first-order valence-electron chi connectivity index (χ1n) is 8.64. The van der Waals surface area contributed by atoms with Crippen LogP contribution in [-0.4, -0.2) is 19.7 Å². The van der Waals surface area contributed by atoms with Gasteiger partial charge in [-0.1, -0.05) is 6.92 Å². The van der Waals surface area contributed by atoms with E-state index in [4.69, 9.17) is 4.98 Å². The summed E-state index contributed by atoms with van der Waals surface area (Å²) in [5.74, 6) is 1.89. The number of hydrogen-bond acceptors (Lipinski definition) is 4. The van der Waals surface area contributed by atoms with Crippen molar-refractivity contribution in [2.75, 3.05) is 5.32 Å². The highest BCUT2D eigenvalue weighted by atomic mass is 15.3.